The molecule has 1 spiro atoms. The number of hydrogen-bond acceptors (Lipinski definition) is 5. The zero-order valence-electron chi connectivity index (χ0n) is 13.2. The molecule has 3 heterocycles. The number of aliphatic hydroxyl groups is 1. The van der Waals surface area contributed by atoms with Crippen molar-refractivity contribution in [3.63, 3.8) is 0 Å². The standard InChI is InChI=1S/C18H21NO4.CH4/c1-21-15-9-18-4-2-5-19(18)6-3-11-7-13-14(23-10-22-13)8-12(11)16(18)17(15)20;/h7-9,16-17,20H,2-6,10H2,1H3;1H4/t16-,17-,18+;/m1./s1. The van der Waals surface area contributed by atoms with E-state index >= 15 is 0 Å². The highest BCUT2D eigenvalue weighted by Gasteiger charge is 2.56. The minimum absolute atomic E-state index is 0. The quantitative estimate of drug-likeness (QED) is 0.856. The first-order chi connectivity index (χ1) is 11.2. The Kier molecular flexibility index (Phi) is 3.55. The number of nitrogens with zero attached hydrogens (tertiary/aromatic N) is 1. The first kappa shape index (κ1) is 15.8. The monoisotopic (exact) mass is 331 g/mol. The lowest BCUT2D eigenvalue weighted by Crippen LogP contribution is -2.46. The van der Waals surface area contributed by atoms with Crippen LogP contribution >= 0.6 is 0 Å². The molecule has 1 fully saturated rings. The minimum atomic E-state index is -0.599. The summed E-state index contributed by atoms with van der Waals surface area (Å²) in [6.45, 7) is 2.37. The molecule has 3 atom stereocenters. The van der Waals surface area contributed by atoms with E-state index in [1.165, 1.54) is 11.1 Å². The molecule has 0 aromatic heterocycles. The van der Waals surface area contributed by atoms with Gasteiger partial charge in [0.05, 0.1) is 12.6 Å². The Morgan fingerprint density at radius 1 is 1.25 bits per heavy atom. The maximum absolute atomic E-state index is 11.0. The third-order valence-electron chi connectivity index (χ3n) is 5.99. The Morgan fingerprint density at radius 2 is 2.04 bits per heavy atom. The fraction of sp³-hybridized carbons (Fsp3) is 0.579. The van der Waals surface area contributed by atoms with Crippen molar-refractivity contribution < 1.29 is 19.3 Å². The molecule has 1 aromatic rings. The first-order valence-electron chi connectivity index (χ1n) is 8.35. The molecule has 4 aliphatic rings. The van der Waals surface area contributed by atoms with Crippen LogP contribution in [0.5, 0.6) is 11.5 Å². The van der Waals surface area contributed by atoms with E-state index in [0.29, 0.717) is 5.76 Å². The van der Waals surface area contributed by atoms with Gasteiger partial charge in [-0.25, -0.2) is 0 Å². The number of rotatable bonds is 1. The number of benzene rings is 1. The molecule has 0 amide bonds. The van der Waals surface area contributed by atoms with Gasteiger partial charge in [0.25, 0.3) is 0 Å². The highest BCUT2D eigenvalue weighted by atomic mass is 16.7. The van der Waals surface area contributed by atoms with Crippen molar-refractivity contribution in [1.29, 1.82) is 0 Å². The van der Waals surface area contributed by atoms with Crippen LogP contribution in [0.1, 0.15) is 37.3 Å². The highest BCUT2D eigenvalue weighted by Crippen LogP contribution is 2.54. The Labute approximate surface area is 142 Å². The lowest BCUT2D eigenvalue weighted by Gasteiger charge is -2.38. The summed E-state index contributed by atoms with van der Waals surface area (Å²) in [6.07, 6.45) is 4.78. The van der Waals surface area contributed by atoms with Gasteiger partial charge >= 0.3 is 0 Å². The summed E-state index contributed by atoms with van der Waals surface area (Å²) in [5, 5.41) is 11.0. The fourth-order valence-corrected chi connectivity index (χ4v) is 4.99. The van der Waals surface area contributed by atoms with Crippen LogP contribution in [0.25, 0.3) is 0 Å². The van der Waals surface area contributed by atoms with Gasteiger partial charge in [0, 0.05) is 12.5 Å². The van der Waals surface area contributed by atoms with E-state index in [1.54, 1.807) is 7.11 Å². The van der Waals surface area contributed by atoms with Crippen LogP contribution in [0.4, 0.5) is 0 Å². The summed E-state index contributed by atoms with van der Waals surface area (Å²) in [7, 11) is 1.65. The number of methoxy groups -OCH3 is 1. The second-order valence-electron chi connectivity index (χ2n) is 6.91. The van der Waals surface area contributed by atoms with Crippen LogP contribution < -0.4 is 9.47 Å². The Bertz CT molecular complexity index is 701. The molecule has 24 heavy (non-hydrogen) atoms. The van der Waals surface area contributed by atoms with Gasteiger partial charge in [-0.15, -0.1) is 0 Å². The summed E-state index contributed by atoms with van der Waals surface area (Å²) in [5.41, 5.74) is 2.33. The van der Waals surface area contributed by atoms with Crippen LogP contribution in [0.2, 0.25) is 0 Å². The summed E-state index contributed by atoms with van der Waals surface area (Å²) < 4.78 is 16.6. The van der Waals surface area contributed by atoms with Crippen LogP contribution in [-0.4, -0.2) is 48.6 Å². The largest absolute Gasteiger partial charge is 0.499 e. The molecule has 5 rings (SSSR count). The Morgan fingerprint density at radius 3 is 2.83 bits per heavy atom. The van der Waals surface area contributed by atoms with Gasteiger partial charge in [-0.3, -0.25) is 4.90 Å². The van der Waals surface area contributed by atoms with Gasteiger partial charge in [-0.1, -0.05) is 7.43 Å². The van der Waals surface area contributed by atoms with Crippen LogP contribution in [0.3, 0.4) is 0 Å². The molecule has 1 N–H and O–H groups in total. The number of hydrogen-bond donors (Lipinski definition) is 1. The topological polar surface area (TPSA) is 51.2 Å². The van der Waals surface area contributed by atoms with E-state index in [9.17, 15) is 5.11 Å². The average molecular weight is 331 g/mol. The molecule has 130 valence electrons. The van der Waals surface area contributed by atoms with Gasteiger partial charge in [0.15, 0.2) is 11.5 Å². The van der Waals surface area contributed by atoms with E-state index in [4.69, 9.17) is 14.2 Å². The van der Waals surface area contributed by atoms with Crippen molar-refractivity contribution in [1.82, 2.24) is 4.90 Å². The second-order valence-corrected chi connectivity index (χ2v) is 6.91. The average Bonchev–Trinajstić information content (AvgIpc) is 3.21. The Balaban J connectivity index is 0.00000146. The van der Waals surface area contributed by atoms with E-state index < -0.39 is 6.10 Å². The van der Waals surface area contributed by atoms with Gasteiger partial charge in [-0.2, -0.15) is 0 Å². The van der Waals surface area contributed by atoms with E-state index in [-0.39, 0.29) is 25.7 Å². The molecule has 1 aromatic carbocycles. The SMILES string of the molecule is C.COC1=C[C@]23CCCN2CCc2cc4c(cc2[C@@H]3[C@@H]1O)OCO4. The summed E-state index contributed by atoms with van der Waals surface area (Å²) in [5.74, 6) is 2.33. The summed E-state index contributed by atoms with van der Waals surface area (Å²) in [4.78, 5) is 2.53. The predicted octanol–water partition coefficient (Wildman–Crippen LogP) is 2.43. The lowest BCUT2D eigenvalue weighted by molar-refractivity contribution is 0.0782. The third kappa shape index (κ3) is 1.88. The van der Waals surface area contributed by atoms with Gasteiger partial charge in [-0.05, 0) is 55.1 Å². The molecule has 0 bridgehead atoms. The first-order valence-corrected chi connectivity index (χ1v) is 8.35. The van der Waals surface area contributed by atoms with Crippen molar-refractivity contribution in [3.8, 4) is 11.5 Å². The van der Waals surface area contributed by atoms with E-state index in [1.807, 2.05) is 0 Å². The number of aliphatic hydroxyl groups excluding tert-OH is 1. The fourth-order valence-electron chi connectivity index (χ4n) is 4.99. The maximum atomic E-state index is 11.0. The Hall–Kier alpha value is -1.72. The summed E-state index contributed by atoms with van der Waals surface area (Å²) in [6, 6.07) is 4.19. The van der Waals surface area contributed by atoms with Crippen LogP contribution in [0, 0.1) is 0 Å². The molecule has 0 saturated carbocycles. The molecule has 5 nitrogen and oxygen atoms in total. The number of ether oxygens (including phenoxy) is 3. The molecule has 1 saturated heterocycles. The third-order valence-corrected chi connectivity index (χ3v) is 5.99. The molecular weight excluding hydrogens is 306 g/mol. The predicted molar refractivity (Wildman–Crippen MR) is 90.4 cm³/mol. The van der Waals surface area contributed by atoms with Crippen LogP contribution in [0.15, 0.2) is 24.0 Å². The number of fused-ring (bicyclic) bond motifs is 3. The molecular formula is C19H25NO4. The van der Waals surface area contributed by atoms with Crippen molar-refractivity contribution in [3.05, 3.63) is 35.1 Å². The molecule has 5 heteroatoms. The van der Waals surface area contributed by atoms with Gasteiger partial charge in [0.2, 0.25) is 6.79 Å². The van der Waals surface area contributed by atoms with Gasteiger partial charge < -0.3 is 19.3 Å². The van der Waals surface area contributed by atoms with Gasteiger partial charge in [0.1, 0.15) is 11.9 Å². The molecule has 0 unspecified atom stereocenters. The second kappa shape index (κ2) is 5.39. The van der Waals surface area contributed by atoms with Crippen molar-refractivity contribution in [2.75, 3.05) is 27.0 Å². The zero-order chi connectivity index (χ0) is 15.6. The lowest BCUT2D eigenvalue weighted by atomic mass is 9.78. The van der Waals surface area contributed by atoms with E-state index in [2.05, 4.69) is 23.1 Å². The van der Waals surface area contributed by atoms with Crippen LogP contribution in [-0.2, 0) is 11.2 Å². The molecule has 3 aliphatic heterocycles. The van der Waals surface area contributed by atoms with E-state index in [0.717, 1.165) is 43.9 Å². The summed E-state index contributed by atoms with van der Waals surface area (Å²) >= 11 is 0. The zero-order valence-corrected chi connectivity index (χ0v) is 13.2. The minimum Gasteiger partial charge on any atom is -0.499 e. The molecule has 0 radical (unpaired) electrons. The normalized spacial score (nSPS) is 33.0. The maximum Gasteiger partial charge on any atom is 0.231 e. The van der Waals surface area contributed by atoms with Crippen molar-refractivity contribution in [2.24, 2.45) is 0 Å². The molecule has 1 aliphatic carbocycles. The highest BCUT2D eigenvalue weighted by molar-refractivity contribution is 5.54. The van der Waals surface area contributed by atoms with Crippen molar-refractivity contribution >= 4 is 0 Å². The smallest absolute Gasteiger partial charge is 0.231 e. The van der Waals surface area contributed by atoms with Crippen molar-refractivity contribution in [2.45, 2.75) is 44.2 Å².